The van der Waals surface area contributed by atoms with Crippen molar-refractivity contribution >= 4 is 16.8 Å². The smallest absolute Gasteiger partial charge is 0.242 e. The second-order valence-electron chi connectivity index (χ2n) is 5.83. The van der Waals surface area contributed by atoms with Crippen LogP contribution in [0, 0.1) is 6.92 Å². The minimum absolute atomic E-state index is 0.0354. The third kappa shape index (κ3) is 2.68. The van der Waals surface area contributed by atoms with Gasteiger partial charge in [-0.05, 0) is 43.7 Å². The summed E-state index contributed by atoms with van der Waals surface area (Å²) < 4.78 is 2.07. The number of fused-ring (bicyclic) bond motifs is 1. The number of hydrogen-bond acceptors (Lipinski definition) is 2. The first-order valence-electron chi connectivity index (χ1n) is 7.66. The summed E-state index contributed by atoms with van der Waals surface area (Å²) in [6.07, 6.45) is 3.32. The molecule has 1 aliphatic rings. The van der Waals surface area contributed by atoms with E-state index in [-0.39, 0.29) is 12.5 Å². The van der Waals surface area contributed by atoms with Crippen molar-refractivity contribution in [3.63, 3.8) is 0 Å². The number of aromatic nitrogens is 1. The lowest BCUT2D eigenvalue weighted by molar-refractivity contribution is -0.136. The quantitative estimate of drug-likeness (QED) is 0.917. The number of hydrogen-bond donors (Lipinski definition) is 1. The molecule has 0 saturated heterocycles. The number of carbonyl (C=O) groups excluding carboxylic acids is 1. The Bertz CT molecular complexity index is 643. The van der Waals surface area contributed by atoms with E-state index in [9.17, 15) is 9.90 Å². The van der Waals surface area contributed by atoms with E-state index < -0.39 is 0 Å². The summed E-state index contributed by atoms with van der Waals surface area (Å²) in [7, 11) is 0. The second-order valence-corrected chi connectivity index (χ2v) is 5.83. The molecule has 0 atom stereocenters. The Morgan fingerprint density at radius 2 is 2.14 bits per heavy atom. The first kappa shape index (κ1) is 14.1. The molecule has 21 heavy (non-hydrogen) atoms. The van der Waals surface area contributed by atoms with Gasteiger partial charge in [0.1, 0.15) is 6.54 Å². The van der Waals surface area contributed by atoms with Crippen LogP contribution in [0.3, 0.4) is 0 Å². The summed E-state index contributed by atoms with van der Waals surface area (Å²) in [5, 5.41) is 10.4. The van der Waals surface area contributed by atoms with Crippen LogP contribution in [0.2, 0.25) is 0 Å². The lowest BCUT2D eigenvalue weighted by Crippen LogP contribution is -2.47. The predicted octanol–water partition coefficient (Wildman–Crippen LogP) is 2.32. The zero-order chi connectivity index (χ0) is 14.8. The third-order valence-electron chi connectivity index (χ3n) is 4.49. The van der Waals surface area contributed by atoms with Crippen LogP contribution < -0.4 is 0 Å². The highest BCUT2D eigenvalue weighted by molar-refractivity contribution is 5.84. The molecule has 0 radical (unpaired) electrons. The normalized spacial score (nSPS) is 15.1. The van der Waals surface area contributed by atoms with Crippen molar-refractivity contribution in [2.45, 2.75) is 38.8 Å². The number of aliphatic hydroxyl groups excluding tert-OH is 1. The predicted molar refractivity (Wildman–Crippen MR) is 83.1 cm³/mol. The fourth-order valence-corrected chi connectivity index (χ4v) is 3.10. The van der Waals surface area contributed by atoms with E-state index in [0.29, 0.717) is 19.1 Å². The van der Waals surface area contributed by atoms with Gasteiger partial charge in [0.2, 0.25) is 5.91 Å². The van der Waals surface area contributed by atoms with Gasteiger partial charge in [0.05, 0.1) is 6.61 Å². The van der Waals surface area contributed by atoms with Crippen LogP contribution in [0.5, 0.6) is 0 Å². The first-order chi connectivity index (χ1) is 10.2. The summed E-state index contributed by atoms with van der Waals surface area (Å²) in [5.41, 5.74) is 2.20. The van der Waals surface area contributed by atoms with Crippen LogP contribution in [0.4, 0.5) is 0 Å². The van der Waals surface area contributed by atoms with E-state index in [1.165, 1.54) is 11.8 Å². The van der Waals surface area contributed by atoms with E-state index in [1.807, 2.05) is 24.0 Å². The molecule has 3 rings (SSSR count). The number of rotatable bonds is 5. The Hall–Kier alpha value is -1.81. The van der Waals surface area contributed by atoms with Gasteiger partial charge >= 0.3 is 0 Å². The molecule has 1 heterocycles. The molecule has 1 amide bonds. The number of carbonyl (C=O) groups is 1. The van der Waals surface area contributed by atoms with Crippen LogP contribution in [-0.2, 0) is 11.3 Å². The lowest BCUT2D eigenvalue weighted by Gasteiger charge is -2.37. The SMILES string of the molecule is Cc1cc2ccccc2n1CC(=O)N(CCO)C1CCC1. The molecule has 1 aromatic carbocycles. The van der Waals surface area contributed by atoms with Gasteiger partial charge in [-0.3, -0.25) is 4.79 Å². The van der Waals surface area contributed by atoms with Crippen LogP contribution in [0.1, 0.15) is 25.0 Å². The van der Waals surface area contributed by atoms with Gasteiger partial charge in [-0.15, -0.1) is 0 Å². The van der Waals surface area contributed by atoms with E-state index in [4.69, 9.17) is 0 Å². The Kier molecular flexibility index (Phi) is 3.97. The summed E-state index contributed by atoms with van der Waals surface area (Å²) in [6, 6.07) is 10.6. The highest BCUT2D eigenvalue weighted by Gasteiger charge is 2.28. The van der Waals surface area contributed by atoms with Gasteiger partial charge < -0.3 is 14.6 Å². The molecule has 0 bridgehead atoms. The van der Waals surface area contributed by atoms with Crippen molar-refractivity contribution in [2.75, 3.05) is 13.2 Å². The van der Waals surface area contributed by atoms with Crippen LogP contribution >= 0.6 is 0 Å². The zero-order valence-corrected chi connectivity index (χ0v) is 12.5. The Morgan fingerprint density at radius 1 is 1.38 bits per heavy atom. The first-order valence-corrected chi connectivity index (χ1v) is 7.66. The maximum Gasteiger partial charge on any atom is 0.242 e. The van der Waals surface area contributed by atoms with Crippen LogP contribution in [-0.4, -0.2) is 39.7 Å². The molecule has 0 spiro atoms. The molecule has 4 heteroatoms. The number of amides is 1. The highest BCUT2D eigenvalue weighted by Crippen LogP contribution is 2.25. The molecular formula is C17H22N2O2. The molecule has 112 valence electrons. The maximum absolute atomic E-state index is 12.6. The fourth-order valence-electron chi connectivity index (χ4n) is 3.10. The minimum atomic E-state index is 0.0354. The number of para-hydroxylation sites is 1. The van der Waals surface area contributed by atoms with Crippen molar-refractivity contribution < 1.29 is 9.90 Å². The number of benzene rings is 1. The van der Waals surface area contributed by atoms with Gasteiger partial charge in [-0.25, -0.2) is 0 Å². The second kappa shape index (κ2) is 5.90. The largest absolute Gasteiger partial charge is 0.395 e. The molecule has 1 fully saturated rings. The van der Waals surface area contributed by atoms with E-state index in [0.717, 1.165) is 24.1 Å². The molecule has 1 saturated carbocycles. The van der Waals surface area contributed by atoms with E-state index in [1.54, 1.807) is 0 Å². The number of nitrogens with zero attached hydrogens (tertiary/aromatic N) is 2. The average molecular weight is 286 g/mol. The average Bonchev–Trinajstić information content (AvgIpc) is 2.73. The van der Waals surface area contributed by atoms with Gasteiger partial charge in [0, 0.05) is 23.8 Å². The number of aryl methyl sites for hydroxylation is 1. The summed E-state index contributed by atoms with van der Waals surface area (Å²) in [4.78, 5) is 14.5. The third-order valence-corrected chi connectivity index (χ3v) is 4.49. The molecular weight excluding hydrogens is 264 g/mol. The zero-order valence-electron chi connectivity index (χ0n) is 12.5. The van der Waals surface area contributed by atoms with Crippen molar-refractivity contribution in [3.8, 4) is 0 Å². The van der Waals surface area contributed by atoms with Crippen LogP contribution in [0.25, 0.3) is 10.9 Å². The van der Waals surface area contributed by atoms with Crippen molar-refractivity contribution in [1.29, 1.82) is 0 Å². The van der Waals surface area contributed by atoms with Crippen LogP contribution in [0.15, 0.2) is 30.3 Å². The standard InChI is InChI=1S/C17H22N2O2/c1-13-11-14-5-2-3-8-16(14)19(13)12-17(21)18(9-10-20)15-6-4-7-15/h2-3,5,8,11,15,20H,4,6-7,9-10,12H2,1H3. The molecule has 1 N–H and O–H groups in total. The Labute approximate surface area is 125 Å². The minimum Gasteiger partial charge on any atom is -0.395 e. The monoisotopic (exact) mass is 286 g/mol. The Balaban J connectivity index is 1.83. The van der Waals surface area contributed by atoms with Gasteiger partial charge in [-0.1, -0.05) is 18.2 Å². The van der Waals surface area contributed by atoms with Crippen molar-refractivity contribution in [3.05, 3.63) is 36.0 Å². The molecule has 0 unspecified atom stereocenters. The van der Waals surface area contributed by atoms with E-state index in [2.05, 4.69) is 22.8 Å². The van der Waals surface area contributed by atoms with E-state index >= 15 is 0 Å². The Morgan fingerprint density at radius 3 is 2.81 bits per heavy atom. The van der Waals surface area contributed by atoms with Gasteiger partial charge in [-0.2, -0.15) is 0 Å². The molecule has 1 aliphatic carbocycles. The summed E-state index contributed by atoms with van der Waals surface area (Å²) in [5.74, 6) is 0.109. The van der Waals surface area contributed by atoms with Crippen molar-refractivity contribution in [2.24, 2.45) is 0 Å². The topological polar surface area (TPSA) is 45.5 Å². The van der Waals surface area contributed by atoms with Crippen molar-refractivity contribution in [1.82, 2.24) is 9.47 Å². The molecule has 4 nitrogen and oxygen atoms in total. The maximum atomic E-state index is 12.6. The highest BCUT2D eigenvalue weighted by atomic mass is 16.3. The lowest BCUT2D eigenvalue weighted by atomic mass is 9.91. The van der Waals surface area contributed by atoms with Gasteiger partial charge in [0.25, 0.3) is 0 Å². The molecule has 0 aliphatic heterocycles. The fraction of sp³-hybridized carbons (Fsp3) is 0.471. The molecule has 2 aromatic rings. The van der Waals surface area contributed by atoms with Gasteiger partial charge in [0.15, 0.2) is 0 Å². The number of aliphatic hydroxyl groups is 1. The molecule has 1 aromatic heterocycles. The summed E-state index contributed by atoms with van der Waals surface area (Å²) in [6.45, 7) is 2.87. The summed E-state index contributed by atoms with van der Waals surface area (Å²) >= 11 is 0.